The van der Waals surface area contributed by atoms with Crippen molar-refractivity contribution in [1.29, 1.82) is 0 Å². The third-order valence-electron chi connectivity index (χ3n) is 13.6. The second-order valence-corrected chi connectivity index (χ2v) is 19.9. The summed E-state index contributed by atoms with van der Waals surface area (Å²) in [6.45, 7) is 4.30. The smallest absolute Gasteiger partial charge is 0.222 e. The van der Waals surface area contributed by atoms with Gasteiger partial charge in [0, 0.05) is 0 Å². The number of carbonyl (C=O) groups excluding carboxylic acids is 1. The first kappa shape index (κ1) is 61.1. The SMILES string of the molecule is CCCCCCCCCCCCCC/C=C\CCCCCCCCC(O)CC(=O)NC(CO)C(O)CCCCCCCCCCCCCCCCCCCCCCCCCCC. The van der Waals surface area contributed by atoms with E-state index in [1.54, 1.807) is 0 Å². The molecular weight excluding hydrogens is 763 g/mol. The monoisotopic (exact) mass is 876 g/mol. The maximum atomic E-state index is 12.5. The molecule has 5 nitrogen and oxygen atoms in total. The van der Waals surface area contributed by atoms with Crippen molar-refractivity contribution in [3.05, 3.63) is 12.2 Å². The van der Waals surface area contributed by atoms with Crippen LogP contribution in [0.2, 0.25) is 0 Å². The van der Waals surface area contributed by atoms with Gasteiger partial charge in [0.05, 0.1) is 31.3 Å². The zero-order valence-electron chi connectivity index (χ0n) is 42.3. The van der Waals surface area contributed by atoms with Gasteiger partial charge in [-0.2, -0.15) is 0 Å². The first-order valence-electron chi connectivity index (χ1n) is 28.5. The predicted octanol–water partition coefficient (Wildman–Crippen LogP) is 17.5. The molecule has 0 bridgehead atoms. The lowest BCUT2D eigenvalue weighted by Gasteiger charge is -2.23. The largest absolute Gasteiger partial charge is 0.394 e. The van der Waals surface area contributed by atoms with Gasteiger partial charge in [0.1, 0.15) is 0 Å². The number of aliphatic hydroxyl groups excluding tert-OH is 3. The molecule has 4 N–H and O–H groups in total. The maximum absolute atomic E-state index is 12.5. The molecule has 0 aliphatic carbocycles. The topological polar surface area (TPSA) is 89.8 Å². The quantitative estimate of drug-likeness (QED) is 0.0362. The van der Waals surface area contributed by atoms with Gasteiger partial charge in [-0.05, 0) is 38.5 Å². The Bertz CT molecular complexity index is 879. The number of amides is 1. The average Bonchev–Trinajstić information content (AvgIpc) is 3.27. The van der Waals surface area contributed by atoms with E-state index in [0.29, 0.717) is 12.8 Å². The van der Waals surface area contributed by atoms with Crippen molar-refractivity contribution in [3.8, 4) is 0 Å². The summed E-state index contributed by atoms with van der Waals surface area (Å²) in [5, 5.41) is 33.7. The van der Waals surface area contributed by atoms with E-state index in [0.717, 1.165) is 25.7 Å². The van der Waals surface area contributed by atoms with E-state index in [1.807, 2.05) is 0 Å². The van der Waals surface area contributed by atoms with E-state index in [-0.39, 0.29) is 18.9 Å². The van der Waals surface area contributed by atoms with Gasteiger partial charge in [-0.1, -0.05) is 289 Å². The second kappa shape index (κ2) is 52.7. The van der Waals surface area contributed by atoms with Gasteiger partial charge in [0.15, 0.2) is 0 Å². The number of carbonyl (C=O) groups is 1. The Morgan fingerprint density at radius 2 is 0.645 bits per heavy atom. The lowest BCUT2D eigenvalue weighted by atomic mass is 10.0. The Labute approximate surface area is 389 Å². The molecule has 1 amide bonds. The highest BCUT2D eigenvalue weighted by molar-refractivity contribution is 5.76. The highest BCUT2D eigenvalue weighted by atomic mass is 16.3. The third kappa shape index (κ3) is 48.5. The molecule has 0 saturated carbocycles. The van der Waals surface area contributed by atoms with E-state index in [9.17, 15) is 20.1 Å². The van der Waals surface area contributed by atoms with Crippen LogP contribution in [0.5, 0.6) is 0 Å². The molecule has 0 radical (unpaired) electrons. The molecule has 0 heterocycles. The Morgan fingerprint density at radius 3 is 0.935 bits per heavy atom. The molecule has 0 spiro atoms. The lowest BCUT2D eigenvalue weighted by Crippen LogP contribution is -2.46. The van der Waals surface area contributed by atoms with Crippen LogP contribution < -0.4 is 5.32 Å². The Balaban J connectivity index is 3.52. The van der Waals surface area contributed by atoms with Crippen molar-refractivity contribution in [2.75, 3.05) is 6.61 Å². The fourth-order valence-corrected chi connectivity index (χ4v) is 9.23. The van der Waals surface area contributed by atoms with E-state index in [4.69, 9.17) is 0 Å². The van der Waals surface area contributed by atoms with Crippen LogP contribution in [0.4, 0.5) is 0 Å². The summed E-state index contributed by atoms with van der Waals surface area (Å²) >= 11 is 0. The minimum Gasteiger partial charge on any atom is -0.394 e. The molecule has 0 fully saturated rings. The van der Waals surface area contributed by atoms with Gasteiger partial charge in [-0.3, -0.25) is 4.79 Å². The van der Waals surface area contributed by atoms with Crippen LogP contribution in [0.15, 0.2) is 12.2 Å². The Kier molecular flexibility index (Phi) is 51.9. The van der Waals surface area contributed by atoms with Gasteiger partial charge >= 0.3 is 0 Å². The maximum Gasteiger partial charge on any atom is 0.222 e. The molecule has 3 unspecified atom stereocenters. The number of aliphatic hydroxyl groups is 3. The van der Waals surface area contributed by atoms with Crippen LogP contribution in [-0.4, -0.2) is 46.1 Å². The molecule has 0 saturated heterocycles. The van der Waals surface area contributed by atoms with Crippen LogP contribution in [0.3, 0.4) is 0 Å². The fourth-order valence-electron chi connectivity index (χ4n) is 9.23. The van der Waals surface area contributed by atoms with Gasteiger partial charge in [0.2, 0.25) is 5.91 Å². The standard InChI is InChI=1S/C57H113NO4/c1-3-5-7-9-11-13-15-17-19-21-23-25-27-28-29-31-33-35-37-39-41-43-45-47-49-51-56(61)55(53-59)58-57(62)52-54(60)50-48-46-44-42-40-38-36-34-32-30-26-24-22-20-18-16-14-12-10-8-6-4-2/h32,34,54-56,59-61H,3-31,33,35-53H2,1-2H3,(H,58,62)/b34-32-. The van der Waals surface area contributed by atoms with Crippen LogP contribution in [0, 0.1) is 0 Å². The average molecular weight is 877 g/mol. The van der Waals surface area contributed by atoms with Gasteiger partial charge in [0.25, 0.3) is 0 Å². The van der Waals surface area contributed by atoms with Gasteiger partial charge < -0.3 is 20.6 Å². The van der Waals surface area contributed by atoms with Crippen molar-refractivity contribution >= 4 is 5.91 Å². The minimum absolute atomic E-state index is 0.0360. The zero-order valence-corrected chi connectivity index (χ0v) is 42.3. The normalized spacial score (nSPS) is 13.3. The minimum atomic E-state index is -0.750. The molecule has 0 aromatic heterocycles. The number of nitrogens with one attached hydrogen (secondary N) is 1. The van der Waals surface area contributed by atoms with Crippen molar-refractivity contribution < 1.29 is 20.1 Å². The van der Waals surface area contributed by atoms with Crippen molar-refractivity contribution in [2.24, 2.45) is 0 Å². The predicted molar refractivity (Wildman–Crippen MR) is 273 cm³/mol. The second-order valence-electron chi connectivity index (χ2n) is 19.9. The summed E-state index contributed by atoms with van der Waals surface area (Å²) in [5.74, 6) is -0.280. The highest BCUT2D eigenvalue weighted by Gasteiger charge is 2.21. The van der Waals surface area contributed by atoms with Crippen LogP contribution >= 0.6 is 0 Å². The van der Waals surface area contributed by atoms with Gasteiger partial charge in [-0.25, -0.2) is 0 Å². The summed E-state index contributed by atoms with van der Waals surface area (Å²) in [6, 6.07) is -0.659. The van der Waals surface area contributed by atoms with E-state index in [2.05, 4.69) is 31.3 Å². The molecule has 0 aromatic rings. The van der Waals surface area contributed by atoms with Crippen LogP contribution in [-0.2, 0) is 4.79 Å². The van der Waals surface area contributed by atoms with Crippen molar-refractivity contribution in [3.63, 3.8) is 0 Å². The lowest BCUT2D eigenvalue weighted by molar-refractivity contribution is -0.125. The fraction of sp³-hybridized carbons (Fsp3) is 0.947. The first-order valence-corrected chi connectivity index (χ1v) is 28.5. The summed E-state index contributed by atoms with van der Waals surface area (Å²) in [5.41, 5.74) is 0. The molecule has 3 atom stereocenters. The van der Waals surface area contributed by atoms with Crippen molar-refractivity contribution in [1.82, 2.24) is 5.32 Å². The Morgan fingerprint density at radius 1 is 0.387 bits per heavy atom. The zero-order chi connectivity index (χ0) is 45.1. The summed E-state index contributed by atoms with van der Waals surface area (Å²) < 4.78 is 0. The molecule has 0 aromatic carbocycles. The molecular formula is C57H113NO4. The van der Waals surface area contributed by atoms with Crippen LogP contribution in [0.25, 0.3) is 0 Å². The number of rotatable bonds is 53. The van der Waals surface area contributed by atoms with Gasteiger partial charge in [-0.15, -0.1) is 0 Å². The molecule has 5 heteroatoms. The molecule has 0 aliphatic heterocycles. The third-order valence-corrected chi connectivity index (χ3v) is 13.6. The summed E-state index contributed by atoms with van der Waals surface area (Å²) in [4.78, 5) is 12.5. The van der Waals surface area contributed by atoms with Crippen LogP contribution in [0.1, 0.15) is 322 Å². The molecule has 370 valence electrons. The highest BCUT2D eigenvalue weighted by Crippen LogP contribution is 2.18. The van der Waals surface area contributed by atoms with E-state index in [1.165, 1.54) is 263 Å². The number of unbranched alkanes of at least 4 members (excludes halogenated alkanes) is 42. The number of hydrogen-bond acceptors (Lipinski definition) is 4. The van der Waals surface area contributed by atoms with E-state index >= 15 is 0 Å². The number of allylic oxidation sites excluding steroid dienone is 2. The summed E-state index contributed by atoms with van der Waals surface area (Å²) in [7, 11) is 0. The molecule has 62 heavy (non-hydrogen) atoms. The van der Waals surface area contributed by atoms with E-state index < -0.39 is 18.2 Å². The number of hydrogen-bond donors (Lipinski definition) is 4. The summed E-state index contributed by atoms with van der Waals surface area (Å²) in [6.07, 6.45) is 65.1. The first-order chi connectivity index (χ1) is 30.5. The molecule has 0 aliphatic rings. The van der Waals surface area contributed by atoms with Crippen molar-refractivity contribution in [2.45, 2.75) is 340 Å². The molecule has 0 rings (SSSR count). The Hall–Kier alpha value is -0.910.